The Bertz CT molecular complexity index is 1020. The molecule has 2 N–H and O–H groups in total. The fourth-order valence-corrected chi connectivity index (χ4v) is 3.59. The first-order valence-electron chi connectivity index (χ1n) is 9.08. The van der Waals surface area contributed by atoms with E-state index in [1.54, 1.807) is 20.2 Å². The molecule has 1 aliphatic carbocycles. The average Bonchev–Trinajstić information content (AvgIpc) is 3.47. The first-order valence-corrected chi connectivity index (χ1v) is 9.08. The topological polar surface area (TPSA) is 70.1 Å². The van der Waals surface area contributed by atoms with E-state index in [0.29, 0.717) is 12.5 Å². The fraction of sp³-hybridized carbons (Fsp3) is 0.273. The third kappa shape index (κ3) is 3.51. The molecule has 0 spiro atoms. The number of nitrogens with zero attached hydrogens (tertiary/aromatic N) is 2. The van der Waals surface area contributed by atoms with Crippen LogP contribution in [0.15, 0.2) is 59.4 Å². The number of hydrogen-bond donors (Lipinski definition) is 1. The number of rotatable bonds is 5. The number of benzene rings is 2. The van der Waals surface area contributed by atoms with E-state index in [-0.39, 0.29) is 17.4 Å². The van der Waals surface area contributed by atoms with Crippen LogP contribution in [0.3, 0.4) is 0 Å². The van der Waals surface area contributed by atoms with Crippen molar-refractivity contribution in [1.82, 2.24) is 9.55 Å². The molecule has 3 aromatic rings. The number of hydrogen-bond acceptors (Lipinski definition) is 4. The first-order chi connectivity index (χ1) is 13.1. The third-order valence-corrected chi connectivity index (χ3v) is 5.27. The number of anilines is 1. The van der Waals surface area contributed by atoms with Crippen molar-refractivity contribution < 1.29 is 4.74 Å². The van der Waals surface area contributed by atoms with Crippen LogP contribution in [-0.2, 0) is 18.4 Å². The molecule has 27 heavy (non-hydrogen) atoms. The summed E-state index contributed by atoms with van der Waals surface area (Å²) in [5, 5.41) is 0. The van der Waals surface area contributed by atoms with E-state index < -0.39 is 0 Å². The van der Waals surface area contributed by atoms with Crippen LogP contribution >= 0.6 is 0 Å². The van der Waals surface area contributed by atoms with Crippen molar-refractivity contribution >= 4 is 5.95 Å². The van der Waals surface area contributed by atoms with E-state index in [4.69, 9.17) is 10.5 Å². The van der Waals surface area contributed by atoms with Gasteiger partial charge in [0.15, 0.2) is 0 Å². The molecule has 0 aliphatic heterocycles. The molecule has 2 aromatic carbocycles. The summed E-state index contributed by atoms with van der Waals surface area (Å²) in [4.78, 5) is 16.3. The standard InChI is InChI=1S/C22H23N3O2/c1-25-21(26)12-20(24-22(25)23)19-11-18(19)16-8-6-15(7-9-16)17-5-3-4-14(10-17)13-27-2/h3-10,12,18-19H,11,13H2,1-2H3,(H2,23,24)/t18-,19-/m0/s1. The Morgan fingerprint density at radius 1 is 1.11 bits per heavy atom. The monoisotopic (exact) mass is 361 g/mol. The molecular weight excluding hydrogens is 338 g/mol. The van der Waals surface area contributed by atoms with Gasteiger partial charge in [0, 0.05) is 26.1 Å². The molecule has 4 rings (SSSR count). The highest BCUT2D eigenvalue weighted by Gasteiger charge is 2.41. The molecule has 138 valence electrons. The van der Waals surface area contributed by atoms with Gasteiger partial charge in [0.2, 0.25) is 5.95 Å². The molecule has 1 saturated carbocycles. The Labute approximate surface area is 158 Å². The van der Waals surface area contributed by atoms with Gasteiger partial charge >= 0.3 is 0 Å². The average molecular weight is 361 g/mol. The maximum atomic E-state index is 11.9. The smallest absolute Gasteiger partial charge is 0.254 e. The largest absolute Gasteiger partial charge is 0.380 e. The molecule has 2 atom stereocenters. The summed E-state index contributed by atoms with van der Waals surface area (Å²) in [5.74, 6) is 0.949. The molecule has 1 aliphatic rings. The summed E-state index contributed by atoms with van der Waals surface area (Å²) in [7, 11) is 3.34. The Hall–Kier alpha value is -2.92. The number of aromatic nitrogens is 2. The Balaban J connectivity index is 1.52. The van der Waals surface area contributed by atoms with Crippen LogP contribution in [0.5, 0.6) is 0 Å². The number of nitrogens with two attached hydrogens (primary N) is 1. The lowest BCUT2D eigenvalue weighted by atomic mass is 10.00. The van der Waals surface area contributed by atoms with Crippen molar-refractivity contribution in [2.75, 3.05) is 12.8 Å². The zero-order valence-electron chi connectivity index (χ0n) is 15.6. The van der Waals surface area contributed by atoms with Crippen LogP contribution < -0.4 is 11.3 Å². The summed E-state index contributed by atoms with van der Waals surface area (Å²) >= 11 is 0. The van der Waals surface area contributed by atoms with E-state index in [2.05, 4.69) is 53.5 Å². The van der Waals surface area contributed by atoms with Crippen LogP contribution in [0.1, 0.15) is 35.1 Å². The van der Waals surface area contributed by atoms with Crippen LogP contribution in [0.2, 0.25) is 0 Å². The van der Waals surface area contributed by atoms with Crippen molar-refractivity contribution in [2.45, 2.75) is 24.9 Å². The zero-order chi connectivity index (χ0) is 19.0. The van der Waals surface area contributed by atoms with Crippen LogP contribution in [0.25, 0.3) is 11.1 Å². The highest BCUT2D eigenvalue weighted by molar-refractivity contribution is 5.64. The second-order valence-electron chi connectivity index (χ2n) is 7.14. The van der Waals surface area contributed by atoms with Crippen molar-refractivity contribution in [2.24, 2.45) is 7.05 Å². The van der Waals surface area contributed by atoms with Crippen LogP contribution in [0.4, 0.5) is 5.95 Å². The third-order valence-electron chi connectivity index (χ3n) is 5.27. The normalized spacial score (nSPS) is 18.4. The molecule has 5 heteroatoms. The molecule has 1 heterocycles. The quantitative estimate of drug-likeness (QED) is 0.756. The van der Waals surface area contributed by atoms with E-state index in [0.717, 1.165) is 17.7 Å². The number of methoxy groups -OCH3 is 1. The zero-order valence-corrected chi connectivity index (χ0v) is 15.6. The maximum Gasteiger partial charge on any atom is 0.254 e. The van der Waals surface area contributed by atoms with Crippen molar-refractivity contribution in [3.63, 3.8) is 0 Å². The fourth-order valence-electron chi connectivity index (χ4n) is 3.59. The summed E-state index contributed by atoms with van der Waals surface area (Å²) in [6, 6.07) is 18.7. The number of nitrogen functional groups attached to an aromatic ring is 1. The van der Waals surface area contributed by atoms with E-state index in [9.17, 15) is 4.79 Å². The molecule has 0 bridgehead atoms. The molecule has 0 saturated heterocycles. The summed E-state index contributed by atoms with van der Waals surface area (Å²) in [5.41, 5.74) is 11.3. The van der Waals surface area contributed by atoms with Crippen molar-refractivity contribution in [3.05, 3.63) is 81.8 Å². The first kappa shape index (κ1) is 17.5. The molecule has 0 amide bonds. The highest BCUT2D eigenvalue weighted by atomic mass is 16.5. The van der Waals surface area contributed by atoms with Crippen LogP contribution in [-0.4, -0.2) is 16.7 Å². The second kappa shape index (κ2) is 7.00. The van der Waals surface area contributed by atoms with Gasteiger partial charge in [0.05, 0.1) is 12.3 Å². The van der Waals surface area contributed by atoms with Gasteiger partial charge in [-0.2, -0.15) is 0 Å². The summed E-state index contributed by atoms with van der Waals surface area (Å²) < 4.78 is 6.59. The van der Waals surface area contributed by atoms with Gasteiger partial charge in [-0.15, -0.1) is 0 Å². The van der Waals surface area contributed by atoms with Crippen molar-refractivity contribution in [3.8, 4) is 11.1 Å². The minimum atomic E-state index is -0.102. The maximum absolute atomic E-state index is 11.9. The van der Waals surface area contributed by atoms with Gasteiger partial charge in [0.25, 0.3) is 5.56 Å². The SMILES string of the molecule is COCc1cccc(-c2ccc([C@@H]3C[C@@H]3c3cc(=O)n(C)c(N)n3)cc2)c1. The second-order valence-corrected chi connectivity index (χ2v) is 7.14. The lowest BCUT2D eigenvalue weighted by molar-refractivity contribution is 0.185. The van der Waals surface area contributed by atoms with E-state index in [1.807, 2.05) is 0 Å². The predicted molar refractivity (Wildman–Crippen MR) is 107 cm³/mol. The van der Waals surface area contributed by atoms with E-state index >= 15 is 0 Å². The molecule has 1 aromatic heterocycles. The Morgan fingerprint density at radius 3 is 2.59 bits per heavy atom. The predicted octanol–water partition coefficient (Wildman–Crippen LogP) is 3.45. The van der Waals surface area contributed by atoms with Gasteiger partial charge < -0.3 is 10.5 Å². The summed E-state index contributed by atoms with van der Waals surface area (Å²) in [6.45, 7) is 0.613. The van der Waals surface area contributed by atoms with Gasteiger partial charge in [-0.1, -0.05) is 42.5 Å². The Kier molecular flexibility index (Phi) is 4.54. The van der Waals surface area contributed by atoms with Gasteiger partial charge in [-0.05, 0) is 40.7 Å². The lowest BCUT2D eigenvalue weighted by Crippen LogP contribution is -2.21. The molecule has 0 radical (unpaired) electrons. The minimum absolute atomic E-state index is 0.102. The molecule has 1 fully saturated rings. The Morgan fingerprint density at radius 2 is 1.89 bits per heavy atom. The lowest BCUT2D eigenvalue weighted by Gasteiger charge is -2.07. The van der Waals surface area contributed by atoms with Crippen molar-refractivity contribution in [1.29, 1.82) is 0 Å². The summed E-state index contributed by atoms with van der Waals surface area (Å²) in [6.07, 6.45) is 1.00. The molecular formula is C22H23N3O2. The molecule has 0 unspecified atom stereocenters. The highest BCUT2D eigenvalue weighted by Crippen LogP contribution is 2.54. The van der Waals surface area contributed by atoms with Crippen LogP contribution in [0, 0.1) is 0 Å². The van der Waals surface area contributed by atoms with Gasteiger partial charge in [-0.3, -0.25) is 9.36 Å². The van der Waals surface area contributed by atoms with E-state index in [1.165, 1.54) is 21.3 Å². The number of ether oxygens (including phenoxy) is 1. The molecule has 5 nitrogen and oxygen atoms in total. The van der Waals surface area contributed by atoms with Gasteiger partial charge in [0.1, 0.15) is 0 Å². The minimum Gasteiger partial charge on any atom is -0.380 e. The van der Waals surface area contributed by atoms with Gasteiger partial charge in [-0.25, -0.2) is 4.98 Å².